The van der Waals surface area contributed by atoms with Crippen molar-refractivity contribution in [3.63, 3.8) is 0 Å². The highest BCUT2D eigenvalue weighted by molar-refractivity contribution is 5.92. The molecule has 0 heterocycles. The molecule has 0 aliphatic rings. The maximum Gasteiger partial charge on any atom is 0.408 e. The molecule has 44 heavy (non-hydrogen) atoms. The Morgan fingerprint density at radius 2 is 1.39 bits per heavy atom. The van der Waals surface area contributed by atoms with Gasteiger partial charge in [0.1, 0.15) is 17.7 Å². The van der Waals surface area contributed by atoms with Gasteiger partial charge in [0.2, 0.25) is 11.8 Å². The maximum atomic E-state index is 14.7. The minimum Gasteiger partial charge on any atom is -0.444 e. The first-order valence-corrected chi connectivity index (χ1v) is 16.7. The Balaban J connectivity index is 2.55. The van der Waals surface area contributed by atoms with Crippen LogP contribution in [0.4, 0.5) is 4.79 Å². The molecule has 0 saturated heterocycles. The highest BCUT2D eigenvalue weighted by atomic mass is 16.6. The van der Waals surface area contributed by atoms with Crippen LogP contribution in [0.15, 0.2) is 48.5 Å². The van der Waals surface area contributed by atoms with Crippen LogP contribution in [0.1, 0.15) is 121 Å². The third-order valence-corrected chi connectivity index (χ3v) is 7.76. The Morgan fingerprint density at radius 3 is 2.00 bits per heavy atom. The fourth-order valence-electron chi connectivity index (χ4n) is 5.50. The summed E-state index contributed by atoms with van der Waals surface area (Å²) in [5.41, 5.74) is 2.95. The van der Waals surface area contributed by atoms with E-state index in [2.05, 4.69) is 24.5 Å². The molecule has 0 aromatic heterocycles. The van der Waals surface area contributed by atoms with Crippen molar-refractivity contribution in [3.05, 3.63) is 70.8 Å². The third-order valence-electron chi connectivity index (χ3n) is 7.76. The van der Waals surface area contributed by atoms with Gasteiger partial charge in [-0.1, -0.05) is 107 Å². The molecule has 0 spiro atoms. The highest BCUT2D eigenvalue weighted by Gasteiger charge is 2.37. The predicted octanol–water partition coefficient (Wildman–Crippen LogP) is 7.98. The molecule has 2 aromatic rings. The van der Waals surface area contributed by atoms with E-state index >= 15 is 0 Å². The lowest BCUT2D eigenvalue weighted by Gasteiger charge is -2.36. The normalized spacial score (nSPS) is 12.7. The molecule has 0 radical (unpaired) electrons. The molecule has 3 amide bonds. The minimum atomic E-state index is -0.910. The van der Waals surface area contributed by atoms with Crippen molar-refractivity contribution in [2.45, 2.75) is 130 Å². The van der Waals surface area contributed by atoms with E-state index in [1.54, 1.807) is 25.7 Å². The Morgan fingerprint density at radius 1 is 0.795 bits per heavy atom. The molecule has 0 fully saturated rings. The van der Waals surface area contributed by atoms with Crippen LogP contribution in [0.25, 0.3) is 0 Å². The molecular weight excluding hydrogens is 550 g/mol. The van der Waals surface area contributed by atoms with Crippen molar-refractivity contribution >= 4 is 17.9 Å². The zero-order valence-corrected chi connectivity index (χ0v) is 28.3. The van der Waals surface area contributed by atoms with Crippen LogP contribution in [0, 0.1) is 13.8 Å². The predicted molar refractivity (Wildman–Crippen MR) is 180 cm³/mol. The molecule has 2 N–H and O–H groups in total. The van der Waals surface area contributed by atoms with Crippen molar-refractivity contribution < 1.29 is 19.1 Å². The molecule has 7 heteroatoms. The number of carbonyl (C=O) groups is 3. The second-order valence-electron chi connectivity index (χ2n) is 12.9. The quantitative estimate of drug-likeness (QED) is 0.168. The lowest BCUT2D eigenvalue weighted by atomic mass is 9.93. The topological polar surface area (TPSA) is 87.7 Å². The summed E-state index contributed by atoms with van der Waals surface area (Å²) in [5.74, 6) is -0.474. The van der Waals surface area contributed by atoms with Gasteiger partial charge in [0, 0.05) is 19.5 Å². The van der Waals surface area contributed by atoms with Crippen LogP contribution in [-0.4, -0.2) is 47.5 Å². The molecule has 244 valence electrons. The highest BCUT2D eigenvalue weighted by Crippen LogP contribution is 2.29. The number of hydrogen-bond acceptors (Lipinski definition) is 4. The number of nitrogens with zero attached hydrogens (tertiary/aromatic N) is 1. The number of aryl methyl sites for hydroxylation is 2. The maximum absolute atomic E-state index is 14.7. The molecular formula is C37H57N3O4. The molecule has 0 bridgehead atoms. The largest absolute Gasteiger partial charge is 0.444 e. The first-order chi connectivity index (χ1) is 21.0. The number of benzene rings is 2. The summed E-state index contributed by atoms with van der Waals surface area (Å²) < 4.78 is 5.58. The molecule has 2 rings (SSSR count). The molecule has 7 nitrogen and oxygen atoms in total. The van der Waals surface area contributed by atoms with Crippen LogP contribution in [0.5, 0.6) is 0 Å². The number of amides is 3. The smallest absolute Gasteiger partial charge is 0.408 e. The van der Waals surface area contributed by atoms with Gasteiger partial charge in [0.05, 0.1) is 0 Å². The van der Waals surface area contributed by atoms with Crippen LogP contribution >= 0.6 is 0 Å². The summed E-state index contributed by atoms with van der Waals surface area (Å²) in [6.07, 6.45) is 8.89. The van der Waals surface area contributed by atoms with Crippen LogP contribution < -0.4 is 10.6 Å². The van der Waals surface area contributed by atoms with E-state index in [9.17, 15) is 14.4 Å². The van der Waals surface area contributed by atoms with Gasteiger partial charge in [-0.25, -0.2) is 4.79 Å². The number of nitrogens with one attached hydrogen (secondary N) is 2. The summed E-state index contributed by atoms with van der Waals surface area (Å²) >= 11 is 0. The molecule has 2 aromatic carbocycles. The molecule has 0 saturated carbocycles. The van der Waals surface area contributed by atoms with Gasteiger partial charge in [0.15, 0.2) is 0 Å². The number of alkyl carbamates (subject to hydrolysis) is 1. The van der Waals surface area contributed by atoms with Gasteiger partial charge in [-0.15, -0.1) is 0 Å². The van der Waals surface area contributed by atoms with Crippen LogP contribution in [-0.2, 0) is 20.7 Å². The van der Waals surface area contributed by atoms with Crippen LogP contribution in [0.3, 0.4) is 0 Å². The summed E-state index contributed by atoms with van der Waals surface area (Å²) in [4.78, 5) is 43.6. The number of ether oxygens (including phenoxy) is 1. The van der Waals surface area contributed by atoms with Crippen molar-refractivity contribution in [2.24, 2.45) is 0 Å². The Hall–Kier alpha value is -3.35. The molecule has 0 aliphatic carbocycles. The summed E-state index contributed by atoms with van der Waals surface area (Å²) in [7, 11) is 0. The van der Waals surface area contributed by atoms with Gasteiger partial charge in [-0.3, -0.25) is 9.59 Å². The summed E-state index contributed by atoms with van der Waals surface area (Å²) in [5, 5.41) is 6.01. The fraction of sp³-hybridized carbons (Fsp3) is 0.595. The second kappa shape index (κ2) is 19.1. The lowest BCUT2D eigenvalue weighted by molar-refractivity contribution is -0.142. The third kappa shape index (κ3) is 12.7. The molecule has 0 aliphatic heterocycles. The fourth-order valence-corrected chi connectivity index (χ4v) is 5.50. The summed E-state index contributed by atoms with van der Waals surface area (Å²) in [6, 6.07) is 13.9. The van der Waals surface area contributed by atoms with E-state index in [1.807, 2.05) is 62.4 Å². The Bertz CT molecular complexity index is 1140. The minimum absolute atomic E-state index is 0.187. The Kier molecular flexibility index (Phi) is 16.0. The first kappa shape index (κ1) is 36.8. The number of hydrogen-bond donors (Lipinski definition) is 2. The summed E-state index contributed by atoms with van der Waals surface area (Å²) in [6.45, 7) is 14.7. The monoisotopic (exact) mass is 607 g/mol. The van der Waals surface area contributed by atoms with Gasteiger partial charge in [-0.05, 0) is 69.7 Å². The van der Waals surface area contributed by atoms with Crippen molar-refractivity contribution in [1.29, 1.82) is 0 Å². The molecule has 2 atom stereocenters. The van der Waals surface area contributed by atoms with Gasteiger partial charge >= 0.3 is 6.09 Å². The van der Waals surface area contributed by atoms with E-state index in [1.165, 1.54) is 6.42 Å². The molecule has 2 unspecified atom stereocenters. The lowest BCUT2D eigenvalue weighted by Crippen LogP contribution is -2.54. The number of rotatable bonds is 18. The second-order valence-corrected chi connectivity index (χ2v) is 12.9. The van der Waals surface area contributed by atoms with Crippen molar-refractivity contribution in [3.8, 4) is 0 Å². The number of unbranched alkanes of at least 4 members (excludes halogenated alkanes) is 7. The Labute approximate surface area is 266 Å². The zero-order valence-electron chi connectivity index (χ0n) is 28.3. The van der Waals surface area contributed by atoms with Crippen molar-refractivity contribution in [2.75, 3.05) is 13.1 Å². The van der Waals surface area contributed by atoms with Crippen LogP contribution in [0.2, 0.25) is 0 Å². The van der Waals surface area contributed by atoms with Crippen molar-refractivity contribution in [1.82, 2.24) is 15.5 Å². The van der Waals surface area contributed by atoms with Gasteiger partial charge in [0.25, 0.3) is 0 Å². The SMILES string of the molecule is CCCCCCCCN(C(=O)C(Cc1ccccc1)NC(=O)OC(C)(C)C)C(C(=O)NCCCCC)c1c(C)cccc1C. The van der Waals surface area contributed by atoms with E-state index in [0.29, 0.717) is 13.1 Å². The van der Waals surface area contributed by atoms with E-state index < -0.39 is 23.8 Å². The first-order valence-electron chi connectivity index (χ1n) is 16.7. The van der Waals surface area contributed by atoms with E-state index in [-0.39, 0.29) is 18.2 Å². The number of carbonyl (C=O) groups excluding carboxylic acids is 3. The van der Waals surface area contributed by atoms with E-state index in [0.717, 1.165) is 73.6 Å². The van der Waals surface area contributed by atoms with Gasteiger partial charge in [-0.2, -0.15) is 0 Å². The average Bonchev–Trinajstić information content (AvgIpc) is 2.96. The van der Waals surface area contributed by atoms with Gasteiger partial charge < -0.3 is 20.3 Å². The van der Waals surface area contributed by atoms with E-state index in [4.69, 9.17) is 4.74 Å². The zero-order chi connectivity index (χ0) is 32.5. The average molecular weight is 608 g/mol. The standard InChI is InChI=1S/C37H57N3O4/c1-8-10-12-13-14-19-26-40(33(34(41)38-25-18-11-9-2)32-28(3)21-20-22-29(32)4)35(42)31(27-30-23-16-15-17-24-30)39-36(43)44-37(5,6)7/h15-17,20-24,31,33H,8-14,18-19,25-27H2,1-7H3,(H,38,41)(H,39,43).